The molecule has 0 aromatic heterocycles. The van der Waals surface area contributed by atoms with Crippen LogP contribution in [0.5, 0.6) is 11.5 Å². The lowest BCUT2D eigenvalue weighted by Crippen LogP contribution is -2.68. The molecular weight excluding hydrogens is 1320 g/mol. The van der Waals surface area contributed by atoms with Gasteiger partial charge in [0.15, 0.2) is 22.9 Å². The summed E-state index contributed by atoms with van der Waals surface area (Å²) in [5, 5.41) is 32.2. The highest BCUT2D eigenvalue weighted by Crippen LogP contribution is 2.51. The highest BCUT2D eigenvalue weighted by molar-refractivity contribution is 6.10. The van der Waals surface area contributed by atoms with E-state index in [1.54, 1.807) is 24.3 Å². The van der Waals surface area contributed by atoms with Gasteiger partial charge in [-0.05, 0) is 130 Å². The largest absolute Gasteiger partial charge is 0.438 e. The van der Waals surface area contributed by atoms with Crippen molar-refractivity contribution < 1.29 is 86.2 Å². The Labute approximate surface area is 578 Å². The predicted octanol–water partition coefficient (Wildman–Crippen LogP) is 8.06. The molecule has 11 aromatic carbocycles. The van der Waals surface area contributed by atoms with E-state index in [-0.39, 0.29) is 21.2 Å². The van der Waals surface area contributed by atoms with Crippen LogP contribution in [0.15, 0.2) is 267 Å². The summed E-state index contributed by atoms with van der Waals surface area (Å²) in [6.07, 6.45) is 14.0. The Morgan fingerprint density at radius 2 is 0.750 bits per heavy atom. The molecule has 0 saturated heterocycles. The molecule has 0 N–H and O–H groups in total. The first-order valence-electron chi connectivity index (χ1n) is 31.6. The van der Waals surface area contributed by atoms with E-state index in [0.717, 1.165) is 111 Å². The number of allylic oxidation sites excluding steroid dienone is 6. The van der Waals surface area contributed by atoms with Gasteiger partial charge in [0.05, 0.1) is 45.1 Å². The number of nitro benzene ring substituents is 2. The number of nitro groups is 2. The van der Waals surface area contributed by atoms with Crippen molar-refractivity contribution in [3.63, 3.8) is 0 Å². The third kappa shape index (κ3) is 13.7. The van der Waals surface area contributed by atoms with Gasteiger partial charge in [-0.15, -0.1) is 20.5 Å². The second-order valence-electron chi connectivity index (χ2n) is 25.1. The molecule has 0 bridgehead atoms. The van der Waals surface area contributed by atoms with Crippen LogP contribution in [0.3, 0.4) is 0 Å². The number of non-ortho nitro benzene ring substituents is 2. The molecular formula is C78H62Cl2N6O14. The summed E-state index contributed by atoms with van der Waals surface area (Å²) >= 11 is 0. The Kier molecular flexibility index (Phi) is 18.3. The minimum absolute atomic E-state index is 0.0682. The van der Waals surface area contributed by atoms with E-state index in [1.165, 1.54) is 11.1 Å². The molecule has 100 heavy (non-hydrogen) atoms. The van der Waals surface area contributed by atoms with Crippen molar-refractivity contribution in [1.29, 1.82) is 0 Å². The highest BCUT2D eigenvalue weighted by Gasteiger charge is 2.50. The van der Waals surface area contributed by atoms with Crippen molar-refractivity contribution in [1.82, 2.24) is 0 Å². The molecule has 4 aliphatic rings. The van der Waals surface area contributed by atoms with Crippen LogP contribution in [0.1, 0.15) is 47.2 Å². The van der Waals surface area contributed by atoms with Gasteiger partial charge in [0.25, 0.3) is 11.4 Å². The lowest BCUT2D eigenvalue weighted by atomic mass is 9.73. The molecule has 0 aliphatic carbocycles. The Morgan fingerprint density at radius 3 is 1.12 bits per heavy atom. The van der Waals surface area contributed by atoms with E-state index in [9.17, 15) is 20.2 Å². The van der Waals surface area contributed by atoms with Gasteiger partial charge in [-0.3, -0.25) is 20.2 Å². The molecule has 0 spiro atoms. The number of rotatable bonds is 14. The number of halogens is 2. The van der Waals surface area contributed by atoms with E-state index in [1.807, 2.05) is 48.5 Å². The average Bonchev–Trinajstić information content (AvgIpc) is 1.56. The molecule has 0 saturated carbocycles. The Morgan fingerprint density at radius 1 is 0.420 bits per heavy atom. The summed E-state index contributed by atoms with van der Waals surface area (Å²) in [5.74, 6) is 2.99. The minimum atomic E-state index is -4.94. The second kappa shape index (κ2) is 27.0. The van der Waals surface area contributed by atoms with Gasteiger partial charge in [0.2, 0.25) is 23.1 Å². The molecule has 2 atom stereocenters. The minimum Gasteiger partial charge on any atom is -0.438 e. The number of hydrogen-bond donors (Lipinski definition) is 0. The fourth-order valence-electron chi connectivity index (χ4n) is 14.5. The zero-order valence-corrected chi connectivity index (χ0v) is 55.7. The topological polar surface area (TPSA) is 302 Å². The summed E-state index contributed by atoms with van der Waals surface area (Å²) in [4.78, 5) is 28.2. The first-order valence-corrected chi connectivity index (χ1v) is 34.0. The van der Waals surface area contributed by atoms with Gasteiger partial charge in [-0.1, -0.05) is 158 Å². The van der Waals surface area contributed by atoms with Crippen LogP contribution in [0.4, 0.5) is 34.1 Å². The molecule has 0 radical (unpaired) electrons. The molecule has 4 aliphatic heterocycles. The average molecular weight is 1380 g/mol. The van der Waals surface area contributed by atoms with Gasteiger partial charge in [0.1, 0.15) is 14.1 Å². The Hall–Kier alpha value is -11.0. The van der Waals surface area contributed by atoms with E-state index in [0.29, 0.717) is 37.7 Å². The van der Waals surface area contributed by atoms with Crippen molar-refractivity contribution >= 4 is 88.6 Å². The third-order valence-electron chi connectivity index (χ3n) is 18.8. The van der Waals surface area contributed by atoms with E-state index in [2.05, 4.69) is 229 Å². The van der Waals surface area contributed by atoms with Gasteiger partial charge >= 0.3 is 0 Å². The Balaban J connectivity index is 0.000000839. The van der Waals surface area contributed by atoms with E-state index >= 15 is 0 Å². The quantitative estimate of drug-likeness (QED) is 0.0565. The first-order chi connectivity index (χ1) is 47.8. The fraction of sp³-hybridized carbons (Fsp3) is 0.128. The molecule has 22 heteroatoms. The standard InChI is InChI=1S/C78H62N6O6.2ClHO4/c1-77(47-51-17-7-5-8-18-51)69(79(3)65-41-35-57-33-39-59(83(85)86)45-63(57)73(65)77)25-15-27-71-81(67-43-37-55-21-11-13-23-61(55)75(67)89-71)49-53-29-31-54(32-30-53)50-82-68-44-38-56-22-12-14-24-62(56)76(68)90-72(82)28-16-26-70-78(2,48-52-19-9-6-10-20-52)74-64-46-60(84(87)88)40-34-58(64)36-42-66(74)80(70)4;2*2-1(3,4)5/h5-46H,47-50H2,1-4H3;2*(H,2,3,4,5)/q+2;;/p-2. The van der Waals surface area contributed by atoms with Crippen LogP contribution in [-0.4, -0.2) is 44.5 Å². The smallest absolute Gasteiger partial charge is 0.270 e. The number of nitrogens with zero attached hydrogens (tertiary/aromatic N) is 6. The fourth-order valence-corrected chi connectivity index (χ4v) is 14.5. The zero-order valence-electron chi connectivity index (χ0n) is 54.2. The maximum Gasteiger partial charge on any atom is 0.270 e. The summed E-state index contributed by atoms with van der Waals surface area (Å²) in [5.41, 5.74) is 11.8. The molecule has 11 aromatic rings. The number of fused-ring (bicyclic) bond motifs is 12. The van der Waals surface area contributed by atoms with Gasteiger partial charge in [0, 0.05) is 70.4 Å². The van der Waals surface area contributed by atoms with Crippen LogP contribution < -0.4 is 56.5 Å². The van der Waals surface area contributed by atoms with Crippen molar-refractivity contribution in [3.8, 4) is 11.5 Å². The number of anilines is 2. The van der Waals surface area contributed by atoms with Crippen molar-refractivity contribution in [2.45, 2.75) is 50.6 Å². The first kappa shape index (κ1) is 67.6. The molecule has 0 amide bonds. The number of benzene rings is 11. The van der Waals surface area contributed by atoms with Crippen LogP contribution in [-0.2, 0) is 36.8 Å². The molecule has 502 valence electrons. The van der Waals surface area contributed by atoms with Crippen molar-refractivity contribution in [2.24, 2.45) is 0 Å². The van der Waals surface area contributed by atoms with Crippen molar-refractivity contribution in [2.75, 3.05) is 23.9 Å². The SMILES string of the molecule is C[N+]1=C(/C=C/C=C2\Oc3c(ccc4ccccc34)N2Cc2ccc(CN3/C(=C/C=C/C4=[N+](C)c5ccc6ccc([N+](=O)[O-])cc6c5C4(C)Cc4ccccc4)Oc4c3ccc3ccccc43)cc2)C(C)(Cc2ccccc2)c2c1ccc1ccc([N+](=O)[O-])cc21.[O-][Cl+3]([O-])([O-])[O-].[O-][Cl+3]([O-])([O-])[O-]. The maximum atomic E-state index is 12.2. The molecule has 4 heterocycles. The van der Waals surface area contributed by atoms with Gasteiger partial charge in [-0.2, -0.15) is 9.15 Å². The van der Waals surface area contributed by atoms with E-state index < -0.39 is 31.3 Å². The highest BCUT2D eigenvalue weighted by atomic mass is 35.7. The van der Waals surface area contributed by atoms with Crippen molar-refractivity contribution in [3.05, 3.63) is 320 Å². The van der Waals surface area contributed by atoms with Crippen LogP contribution >= 0.6 is 0 Å². The molecule has 20 nitrogen and oxygen atoms in total. The summed E-state index contributed by atoms with van der Waals surface area (Å²) in [6, 6.07) is 73.6. The summed E-state index contributed by atoms with van der Waals surface area (Å²) < 4.78 is 86.3. The second-order valence-corrected chi connectivity index (χ2v) is 26.6. The number of ether oxygens (including phenoxy) is 2. The van der Waals surface area contributed by atoms with Crippen LogP contribution in [0.2, 0.25) is 0 Å². The van der Waals surface area contributed by atoms with Crippen LogP contribution in [0.25, 0.3) is 43.1 Å². The molecule has 15 rings (SSSR count). The van der Waals surface area contributed by atoms with Gasteiger partial charge < -0.3 is 19.3 Å². The monoisotopic (exact) mass is 1380 g/mol. The predicted molar refractivity (Wildman–Crippen MR) is 360 cm³/mol. The summed E-state index contributed by atoms with van der Waals surface area (Å²) in [6.45, 7) is 5.58. The lowest BCUT2D eigenvalue weighted by Gasteiger charge is -2.24. The van der Waals surface area contributed by atoms with E-state index in [4.69, 9.17) is 46.7 Å². The maximum absolute atomic E-state index is 12.2. The molecule has 2 unspecified atom stereocenters. The Bertz CT molecular complexity index is 4950. The normalized spacial score (nSPS) is 17.8. The zero-order chi connectivity index (χ0) is 70.4. The number of hydrogen-bond acceptors (Lipinski definition) is 16. The van der Waals surface area contributed by atoms with Crippen LogP contribution in [0, 0.1) is 40.7 Å². The molecule has 0 fully saturated rings. The van der Waals surface area contributed by atoms with Gasteiger partial charge in [-0.25, -0.2) is 37.3 Å². The lowest BCUT2D eigenvalue weighted by molar-refractivity contribution is -2.00. The third-order valence-corrected chi connectivity index (χ3v) is 18.8. The summed E-state index contributed by atoms with van der Waals surface area (Å²) in [7, 11) is -5.72.